The van der Waals surface area contributed by atoms with Gasteiger partial charge in [0.15, 0.2) is 0 Å². The lowest BCUT2D eigenvalue weighted by Gasteiger charge is -2.29. The highest BCUT2D eigenvalue weighted by atomic mass is 35.5. The van der Waals surface area contributed by atoms with E-state index >= 15 is 0 Å². The van der Waals surface area contributed by atoms with Gasteiger partial charge in [-0.15, -0.1) is 12.4 Å². The van der Waals surface area contributed by atoms with Crippen molar-refractivity contribution in [2.45, 2.75) is 50.5 Å². The van der Waals surface area contributed by atoms with Gasteiger partial charge in [0, 0.05) is 31.5 Å². The molecule has 1 aromatic rings. The Morgan fingerprint density at radius 1 is 1.14 bits per heavy atom. The Labute approximate surface area is 139 Å². The molecule has 122 valence electrons. The third-order valence-electron chi connectivity index (χ3n) is 5.22. The minimum absolute atomic E-state index is 0. The van der Waals surface area contributed by atoms with E-state index in [2.05, 4.69) is 29.2 Å². The number of amides is 1. The van der Waals surface area contributed by atoms with Crippen molar-refractivity contribution in [3.8, 4) is 0 Å². The van der Waals surface area contributed by atoms with Gasteiger partial charge >= 0.3 is 0 Å². The number of carbonyl (C=O) groups excluding carboxylic acids is 1. The molecule has 1 heterocycles. The predicted molar refractivity (Wildman–Crippen MR) is 92.2 cm³/mol. The number of halogens is 1. The molecular weight excluding hydrogens is 296 g/mol. The van der Waals surface area contributed by atoms with Crippen LogP contribution in [0.25, 0.3) is 0 Å². The molecule has 1 saturated carbocycles. The fraction of sp³-hybridized carbons (Fsp3) is 0.611. The summed E-state index contributed by atoms with van der Waals surface area (Å²) >= 11 is 0. The first-order valence-electron chi connectivity index (χ1n) is 8.32. The van der Waals surface area contributed by atoms with Gasteiger partial charge in [-0.25, -0.2) is 0 Å². The maximum atomic E-state index is 12.5. The average molecular weight is 323 g/mol. The smallest absolute Gasteiger partial charge is 0.222 e. The van der Waals surface area contributed by atoms with Gasteiger partial charge in [-0.2, -0.15) is 0 Å². The third-order valence-corrected chi connectivity index (χ3v) is 5.22. The molecule has 1 aliphatic carbocycles. The lowest BCUT2D eigenvalue weighted by Crippen LogP contribution is -2.38. The number of likely N-dealkylation sites (tertiary alicyclic amines) is 1. The Kier molecular flexibility index (Phi) is 6.27. The summed E-state index contributed by atoms with van der Waals surface area (Å²) in [5.74, 6) is 1.23. The lowest BCUT2D eigenvalue weighted by molar-refractivity contribution is -0.131. The molecule has 4 heteroatoms. The summed E-state index contributed by atoms with van der Waals surface area (Å²) in [4.78, 5) is 14.6. The molecule has 1 amide bonds. The summed E-state index contributed by atoms with van der Waals surface area (Å²) in [6.45, 7) is 1.78. The second-order valence-corrected chi connectivity index (χ2v) is 6.65. The SMILES string of the molecule is Cl.NC1CCCCC1CC(=O)N1CCC(c2ccccc2)C1. The van der Waals surface area contributed by atoms with E-state index in [1.807, 2.05) is 6.07 Å². The molecule has 0 spiro atoms. The highest BCUT2D eigenvalue weighted by molar-refractivity contribution is 5.85. The summed E-state index contributed by atoms with van der Waals surface area (Å²) < 4.78 is 0. The molecule has 0 radical (unpaired) electrons. The molecule has 1 aliphatic heterocycles. The van der Waals surface area contributed by atoms with Crippen LogP contribution in [0, 0.1) is 5.92 Å². The minimum atomic E-state index is 0. The molecule has 2 fully saturated rings. The van der Waals surface area contributed by atoms with E-state index in [9.17, 15) is 4.79 Å². The third kappa shape index (κ3) is 4.02. The quantitative estimate of drug-likeness (QED) is 0.927. The molecule has 2 aliphatic rings. The van der Waals surface area contributed by atoms with Crippen molar-refractivity contribution in [1.82, 2.24) is 4.90 Å². The zero-order chi connectivity index (χ0) is 14.7. The molecule has 0 aromatic heterocycles. The molecule has 2 N–H and O–H groups in total. The van der Waals surface area contributed by atoms with Gasteiger partial charge in [0.1, 0.15) is 0 Å². The molecule has 3 atom stereocenters. The van der Waals surface area contributed by atoms with Gasteiger partial charge in [-0.05, 0) is 30.7 Å². The second kappa shape index (κ2) is 7.98. The molecule has 0 bridgehead atoms. The van der Waals surface area contributed by atoms with Crippen molar-refractivity contribution in [3.63, 3.8) is 0 Å². The Hall–Kier alpha value is -1.06. The van der Waals surface area contributed by atoms with E-state index in [0.29, 0.717) is 24.2 Å². The van der Waals surface area contributed by atoms with Crippen LogP contribution in [0.1, 0.15) is 50.0 Å². The first-order valence-corrected chi connectivity index (χ1v) is 8.32. The standard InChI is InChI=1S/C18H26N2O.ClH/c19-17-9-5-4-8-15(17)12-18(21)20-11-10-16(13-20)14-6-2-1-3-7-14;/h1-3,6-7,15-17H,4-5,8-13,19H2;1H. The maximum absolute atomic E-state index is 12.5. The normalized spacial score (nSPS) is 28.2. The van der Waals surface area contributed by atoms with Crippen molar-refractivity contribution < 1.29 is 4.79 Å². The van der Waals surface area contributed by atoms with Gasteiger partial charge in [0.2, 0.25) is 5.91 Å². The fourth-order valence-corrected chi connectivity index (χ4v) is 3.83. The molecule has 3 nitrogen and oxygen atoms in total. The molecule has 1 aromatic carbocycles. The largest absolute Gasteiger partial charge is 0.342 e. The van der Waals surface area contributed by atoms with Crippen LogP contribution in [0.5, 0.6) is 0 Å². The van der Waals surface area contributed by atoms with Crippen LogP contribution >= 0.6 is 12.4 Å². The number of nitrogens with two attached hydrogens (primary N) is 1. The van der Waals surface area contributed by atoms with Crippen LogP contribution < -0.4 is 5.73 Å². The Morgan fingerprint density at radius 3 is 2.59 bits per heavy atom. The van der Waals surface area contributed by atoms with E-state index in [1.54, 1.807) is 0 Å². The topological polar surface area (TPSA) is 46.3 Å². The zero-order valence-electron chi connectivity index (χ0n) is 13.1. The van der Waals surface area contributed by atoms with E-state index in [1.165, 1.54) is 18.4 Å². The highest BCUT2D eigenvalue weighted by Crippen LogP contribution is 2.30. The van der Waals surface area contributed by atoms with Crippen LogP contribution in [0.15, 0.2) is 30.3 Å². The number of carbonyl (C=O) groups is 1. The zero-order valence-corrected chi connectivity index (χ0v) is 13.9. The Morgan fingerprint density at radius 2 is 1.86 bits per heavy atom. The van der Waals surface area contributed by atoms with Crippen LogP contribution in [0.4, 0.5) is 0 Å². The number of hydrogen-bond acceptors (Lipinski definition) is 2. The van der Waals surface area contributed by atoms with Crippen molar-refractivity contribution in [2.24, 2.45) is 11.7 Å². The number of nitrogens with zero attached hydrogens (tertiary/aromatic N) is 1. The minimum Gasteiger partial charge on any atom is -0.342 e. The number of rotatable bonds is 3. The van der Waals surface area contributed by atoms with E-state index in [-0.39, 0.29) is 18.4 Å². The van der Waals surface area contributed by atoms with Gasteiger partial charge in [-0.3, -0.25) is 4.79 Å². The van der Waals surface area contributed by atoms with Gasteiger partial charge in [0.25, 0.3) is 0 Å². The predicted octanol–water partition coefficient (Wildman–Crippen LogP) is 3.33. The molecule has 1 saturated heterocycles. The van der Waals surface area contributed by atoms with Crippen LogP contribution in [-0.4, -0.2) is 29.9 Å². The van der Waals surface area contributed by atoms with Gasteiger partial charge in [-0.1, -0.05) is 43.2 Å². The monoisotopic (exact) mass is 322 g/mol. The van der Waals surface area contributed by atoms with Crippen molar-refractivity contribution >= 4 is 18.3 Å². The number of benzene rings is 1. The first-order chi connectivity index (χ1) is 10.2. The highest BCUT2D eigenvalue weighted by Gasteiger charge is 2.30. The summed E-state index contributed by atoms with van der Waals surface area (Å²) in [6, 6.07) is 10.8. The fourth-order valence-electron chi connectivity index (χ4n) is 3.83. The van der Waals surface area contributed by atoms with Crippen molar-refractivity contribution in [3.05, 3.63) is 35.9 Å². The van der Waals surface area contributed by atoms with Crippen LogP contribution in [-0.2, 0) is 4.79 Å². The number of hydrogen-bond donors (Lipinski definition) is 1. The average Bonchev–Trinajstić information content (AvgIpc) is 3.00. The van der Waals surface area contributed by atoms with Gasteiger partial charge < -0.3 is 10.6 Å². The summed E-state index contributed by atoms with van der Waals surface area (Å²) in [5, 5.41) is 0. The molecular formula is C18H27ClN2O. The van der Waals surface area contributed by atoms with Crippen molar-refractivity contribution in [2.75, 3.05) is 13.1 Å². The van der Waals surface area contributed by atoms with Crippen LogP contribution in [0.3, 0.4) is 0 Å². The van der Waals surface area contributed by atoms with E-state index < -0.39 is 0 Å². The van der Waals surface area contributed by atoms with E-state index in [0.717, 1.165) is 32.4 Å². The van der Waals surface area contributed by atoms with Crippen LogP contribution in [0.2, 0.25) is 0 Å². The first kappa shape index (κ1) is 17.3. The summed E-state index contributed by atoms with van der Waals surface area (Å²) in [7, 11) is 0. The molecule has 22 heavy (non-hydrogen) atoms. The molecule has 3 unspecified atom stereocenters. The Balaban J connectivity index is 0.00000176. The maximum Gasteiger partial charge on any atom is 0.222 e. The second-order valence-electron chi connectivity index (χ2n) is 6.65. The Bertz CT molecular complexity index is 479. The van der Waals surface area contributed by atoms with Gasteiger partial charge in [0.05, 0.1) is 0 Å². The lowest BCUT2D eigenvalue weighted by atomic mass is 9.83. The summed E-state index contributed by atoms with van der Waals surface area (Å²) in [5.41, 5.74) is 7.54. The van der Waals surface area contributed by atoms with Crippen molar-refractivity contribution in [1.29, 1.82) is 0 Å². The summed E-state index contributed by atoms with van der Waals surface area (Å²) in [6.07, 6.45) is 6.42. The van der Waals surface area contributed by atoms with E-state index in [4.69, 9.17) is 5.73 Å². The molecule has 3 rings (SSSR count).